The predicted molar refractivity (Wildman–Crippen MR) is 155 cm³/mol. The topological polar surface area (TPSA) is 236 Å². The van der Waals surface area contributed by atoms with Gasteiger partial charge in [0.1, 0.15) is 71.8 Å². The molecule has 3 aromatic rings. The van der Waals surface area contributed by atoms with E-state index in [2.05, 4.69) is 0 Å². The van der Waals surface area contributed by atoms with Crippen LogP contribution in [0.4, 0.5) is 0 Å². The summed E-state index contributed by atoms with van der Waals surface area (Å²) in [4.78, 5) is 13.7. The largest absolute Gasteiger partial charge is 0.497 e. The highest BCUT2D eigenvalue weighted by molar-refractivity contribution is 5.91. The van der Waals surface area contributed by atoms with Crippen molar-refractivity contribution in [2.45, 2.75) is 61.4 Å². The minimum atomic E-state index is -1.84. The standard InChI is InChI=1S/C30H36O16/c1-39-13-6-4-12(5-7-13)14-11-42-15-8-16(26(40-2)27(41-3)19(15)20(14)33)43-30-25(38)28(22(35)18(10-32)45-30)46-29-24(37)23(36)21(34)17(9-31)44-29/h4-8,11,17-18,21-25,28-32,34-38H,9-10H2,1-3H3. The number of aliphatic hydroxyl groups excluding tert-OH is 7. The first-order valence-electron chi connectivity index (χ1n) is 14.2. The van der Waals surface area contributed by atoms with Crippen molar-refractivity contribution in [2.75, 3.05) is 34.5 Å². The molecule has 16 nitrogen and oxygen atoms in total. The molecule has 252 valence electrons. The first kappa shape index (κ1) is 33.8. The normalized spacial score (nSPS) is 31.4. The molecule has 2 aliphatic heterocycles. The summed E-state index contributed by atoms with van der Waals surface area (Å²) in [5.41, 5.74) is 0.352. The lowest BCUT2D eigenvalue weighted by molar-refractivity contribution is -0.352. The molecule has 0 saturated carbocycles. The molecule has 0 radical (unpaired) electrons. The summed E-state index contributed by atoms with van der Waals surface area (Å²) in [6.45, 7) is -1.50. The number of rotatable bonds is 10. The Labute approximate surface area is 261 Å². The van der Waals surface area contributed by atoms with Crippen LogP contribution < -0.4 is 24.4 Å². The molecular formula is C30H36O16. The summed E-state index contributed by atoms with van der Waals surface area (Å²) in [5, 5.41) is 72.1. The Bertz CT molecular complexity index is 1540. The SMILES string of the molecule is COc1ccc(-c2coc3cc(OC4OC(CO)C(O)C(OC5OC(CO)C(O)C(O)C5O)C4O)c(OC)c(OC)c3c2=O)cc1. The molecule has 2 saturated heterocycles. The van der Waals surface area contributed by atoms with Gasteiger partial charge in [-0.15, -0.1) is 0 Å². The van der Waals surface area contributed by atoms with Gasteiger partial charge in [0, 0.05) is 6.07 Å². The molecule has 7 N–H and O–H groups in total. The van der Waals surface area contributed by atoms with E-state index in [9.17, 15) is 40.5 Å². The molecule has 46 heavy (non-hydrogen) atoms. The highest BCUT2D eigenvalue weighted by Crippen LogP contribution is 2.44. The molecule has 1 aromatic heterocycles. The van der Waals surface area contributed by atoms with E-state index in [4.69, 9.17) is 37.6 Å². The van der Waals surface area contributed by atoms with Crippen molar-refractivity contribution in [3.05, 3.63) is 46.8 Å². The van der Waals surface area contributed by atoms with Gasteiger partial charge in [0.2, 0.25) is 17.5 Å². The van der Waals surface area contributed by atoms with Crippen molar-refractivity contribution in [1.82, 2.24) is 0 Å². The Balaban J connectivity index is 1.48. The van der Waals surface area contributed by atoms with E-state index in [0.29, 0.717) is 11.3 Å². The van der Waals surface area contributed by atoms with Gasteiger partial charge in [-0.25, -0.2) is 0 Å². The third-order valence-electron chi connectivity index (χ3n) is 7.96. The van der Waals surface area contributed by atoms with Gasteiger partial charge in [0.15, 0.2) is 17.8 Å². The third kappa shape index (κ3) is 6.12. The van der Waals surface area contributed by atoms with Crippen LogP contribution in [0.5, 0.6) is 23.0 Å². The Morgan fingerprint density at radius 1 is 0.739 bits per heavy atom. The molecule has 2 aromatic carbocycles. The second-order valence-corrected chi connectivity index (χ2v) is 10.6. The van der Waals surface area contributed by atoms with Crippen LogP contribution in [-0.2, 0) is 14.2 Å². The maximum atomic E-state index is 13.7. The van der Waals surface area contributed by atoms with Crippen molar-refractivity contribution < 1.29 is 73.3 Å². The lowest BCUT2D eigenvalue weighted by Crippen LogP contribution is -2.65. The van der Waals surface area contributed by atoms with Crippen LogP contribution in [0.25, 0.3) is 22.1 Å². The monoisotopic (exact) mass is 652 g/mol. The van der Waals surface area contributed by atoms with Crippen LogP contribution in [0.2, 0.25) is 0 Å². The number of hydrogen-bond acceptors (Lipinski definition) is 16. The summed E-state index contributed by atoms with van der Waals surface area (Å²) in [7, 11) is 4.11. The highest BCUT2D eigenvalue weighted by Gasteiger charge is 2.51. The molecule has 10 atom stereocenters. The van der Waals surface area contributed by atoms with E-state index in [1.54, 1.807) is 24.3 Å². The van der Waals surface area contributed by atoms with Crippen molar-refractivity contribution in [3.8, 4) is 34.1 Å². The zero-order valence-electron chi connectivity index (χ0n) is 25.0. The van der Waals surface area contributed by atoms with Crippen LogP contribution in [0.1, 0.15) is 0 Å². The van der Waals surface area contributed by atoms with Gasteiger partial charge in [-0.1, -0.05) is 12.1 Å². The minimum absolute atomic E-state index is 0.0214. The number of methoxy groups -OCH3 is 3. The average molecular weight is 653 g/mol. The van der Waals surface area contributed by atoms with Crippen molar-refractivity contribution in [1.29, 1.82) is 0 Å². The average Bonchev–Trinajstić information content (AvgIpc) is 3.07. The first-order valence-corrected chi connectivity index (χ1v) is 14.2. The van der Waals surface area contributed by atoms with E-state index in [1.807, 2.05) is 0 Å². The molecule has 2 fully saturated rings. The summed E-state index contributed by atoms with van der Waals surface area (Å²) >= 11 is 0. The molecule has 10 unspecified atom stereocenters. The highest BCUT2D eigenvalue weighted by atomic mass is 16.7. The van der Waals surface area contributed by atoms with Gasteiger partial charge < -0.3 is 73.3 Å². The minimum Gasteiger partial charge on any atom is -0.497 e. The molecule has 3 heterocycles. The van der Waals surface area contributed by atoms with Gasteiger partial charge in [0.25, 0.3) is 0 Å². The number of hydrogen-bond donors (Lipinski definition) is 7. The summed E-state index contributed by atoms with van der Waals surface area (Å²) < 4.78 is 44.6. The van der Waals surface area contributed by atoms with E-state index < -0.39 is 80.1 Å². The van der Waals surface area contributed by atoms with E-state index >= 15 is 0 Å². The van der Waals surface area contributed by atoms with Crippen LogP contribution in [0.3, 0.4) is 0 Å². The fourth-order valence-electron chi connectivity index (χ4n) is 5.43. The lowest BCUT2D eigenvalue weighted by Gasteiger charge is -2.45. The zero-order chi connectivity index (χ0) is 33.3. The summed E-state index contributed by atoms with van der Waals surface area (Å²) in [5.74, 6) is 0.329. The Hall–Kier alpha value is -3.55. The number of fused-ring (bicyclic) bond motifs is 1. The summed E-state index contributed by atoms with van der Waals surface area (Å²) in [6, 6.07) is 8.06. The maximum absolute atomic E-state index is 13.7. The second-order valence-electron chi connectivity index (χ2n) is 10.6. The van der Waals surface area contributed by atoms with Crippen LogP contribution in [-0.4, -0.2) is 132 Å². The molecule has 0 bridgehead atoms. The van der Waals surface area contributed by atoms with Gasteiger partial charge >= 0.3 is 0 Å². The van der Waals surface area contributed by atoms with Crippen LogP contribution in [0.15, 0.2) is 45.8 Å². The molecule has 2 aliphatic rings. The van der Waals surface area contributed by atoms with Gasteiger partial charge in [0.05, 0.1) is 40.1 Å². The fraction of sp³-hybridized carbons (Fsp3) is 0.500. The fourth-order valence-corrected chi connectivity index (χ4v) is 5.43. The molecule has 0 spiro atoms. The number of ether oxygens (including phenoxy) is 7. The molecule has 16 heteroatoms. The number of aliphatic hydroxyl groups is 7. The number of benzene rings is 2. The Morgan fingerprint density at radius 3 is 1.98 bits per heavy atom. The van der Waals surface area contributed by atoms with Gasteiger partial charge in [-0.05, 0) is 17.7 Å². The predicted octanol–water partition coefficient (Wildman–Crippen LogP) is -1.51. The second kappa shape index (κ2) is 14.1. The smallest absolute Gasteiger partial charge is 0.229 e. The first-order chi connectivity index (χ1) is 22.1. The van der Waals surface area contributed by atoms with Gasteiger partial charge in [-0.2, -0.15) is 0 Å². The molecule has 0 amide bonds. The van der Waals surface area contributed by atoms with E-state index in [-0.39, 0.29) is 33.8 Å². The van der Waals surface area contributed by atoms with Crippen molar-refractivity contribution >= 4 is 11.0 Å². The molecule has 0 aliphatic carbocycles. The quantitative estimate of drug-likeness (QED) is 0.132. The van der Waals surface area contributed by atoms with Gasteiger partial charge in [-0.3, -0.25) is 4.79 Å². The zero-order valence-corrected chi connectivity index (χ0v) is 25.0. The molecular weight excluding hydrogens is 616 g/mol. The lowest BCUT2D eigenvalue weighted by atomic mass is 9.97. The molecule has 5 rings (SSSR count). The summed E-state index contributed by atoms with van der Waals surface area (Å²) in [6.07, 6.45) is -15.4. The Kier molecular flexibility index (Phi) is 10.3. The van der Waals surface area contributed by atoms with E-state index in [0.717, 1.165) is 0 Å². The Morgan fingerprint density at radius 2 is 1.37 bits per heavy atom. The van der Waals surface area contributed by atoms with Crippen LogP contribution >= 0.6 is 0 Å². The third-order valence-corrected chi connectivity index (χ3v) is 7.96. The van der Waals surface area contributed by atoms with E-state index in [1.165, 1.54) is 33.7 Å². The van der Waals surface area contributed by atoms with Crippen molar-refractivity contribution in [3.63, 3.8) is 0 Å². The van der Waals surface area contributed by atoms with Crippen molar-refractivity contribution in [2.24, 2.45) is 0 Å². The maximum Gasteiger partial charge on any atom is 0.229 e. The van der Waals surface area contributed by atoms with Crippen LogP contribution in [0, 0.1) is 0 Å².